The number of rotatable bonds is 3. The third kappa shape index (κ3) is 2.88. The average Bonchev–Trinajstić information content (AvgIpc) is 3.13. The number of amides is 1. The first kappa shape index (κ1) is 16.1. The predicted molar refractivity (Wildman–Crippen MR) is 93.5 cm³/mol. The van der Waals surface area contributed by atoms with Gasteiger partial charge in [-0.15, -0.1) is 0 Å². The van der Waals surface area contributed by atoms with Gasteiger partial charge in [0.25, 0.3) is 5.91 Å². The van der Waals surface area contributed by atoms with E-state index in [0.29, 0.717) is 28.8 Å². The number of carboxylic acids is 1. The summed E-state index contributed by atoms with van der Waals surface area (Å²) in [5.41, 5.74) is 2.51. The van der Waals surface area contributed by atoms with E-state index in [1.807, 2.05) is 6.07 Å². The smallest absolute Gasteiger partial charge is 0.309 e. The summed E-state index contributed by atoms with van der Waals surface area (Å²) in [5, 5.41) is 9.57. The van der Waals surface area contributed by atoms with Crippen molar-refractivity contribution in [2.45, 2.75) is 5.92 Å². The van der Waals surface area contributed by atoms with Crippen LogP contribution in [0, 0.1) is 5.92 Å². The zero-order valence-electron chi connectivity index (χ0n) is 13.8. The van der Waals surface area contributed by atoms with E-state index < -0.39 is 11.9 Å². The van der Waals surface area contributed by atoms with Crippen LogP contribution in [-0.4, -0.2) is 49.9 Å². The number of aliphatic carboxylic acids is 1. The third-order valence-electron chi connectivity index (χ3n) is 4.71. The molecular weight excluding hydrogens is 332 g/mol. The van der Waals surface area contributed by atoms with E-state index in [0.717, 1.165) is 0 Å². The summed E-state index contributed by atoms with van der Waals surface area (Å²) in [4.78, 5) is 38.9. The van der Waals surface area contributed by atoms with Gasteiger partial charge < -0.3 is 10.0 Å². The van der Waals surface area contributed by atoms with E-state index in [-0.39, 0.29) is 18.4 Å². The van der Waals surface area contributed by atoms with Crippen molar-refractivity contribution in [3.8, 4) is 0 Å². The molecule has 1 aliphatic rings. The molecule has 26 heavy (non-hydrogen) atoms. The number of benzene rings is 1. The van der Waals surface area contributed by atoms with Crippen molar-refractivity contribution in [1.29, 1.82) is 0 Å². The van der Waals surface area contributed by atoms with Crippen molar-refractivity contribution in [3.63, 3.8) is 0 Å². The maximum Gasteiger partial charge on any atom is 0.309 e. The summed E-state index contributed by atoms with van der Waals surface area (Å²) >= 11 is 0. The summed E-state index contributed by atoms with van der Waals surface area (Å²) in [7, 11) is 0. The van der Waals surface area contributed by atoms with E-state index in [1.54, 1.807) is 53.8 Å². The highest BCUT2D eigenvalue weighted by atomic mass is 16.4. The second-order valence-corrected chi connectivity index (χ2v) is 6.28. The molecule has 4 rings (SSSR count). The minimum Gasteiger partial charge on any atom is -0.481 e. The molecule has 1 saturated heterocycles. The number of aromatic nitrogens is 3. The monoisotopic (exact) mass is 348 g/mol. The number of likely N-dealkylation sites (tertiary alicyclic amines) is 1. The van der Waals surface area contributed by atoms with Gasteiger partial charge >= 0.3 is 5.97 Å². The largest absolute Gasteiger partial charge is 0.481 e. The Morgan fingerprint density at radius 3 is 2.50 bits per heavy atom. The maximum absolute atomic E-state index is 12.9. The molecule has 1 fully saturated rings. The summed E-state index contributed by atoms with van der Waals surface area (Å²) in [6, 6.07) is 10.6. The van der Waals surface area contributed by atoms with Crippen molar-refractivity contribution in [3.05, 3.63) is 66.2 Å². The molecule has 0 radical (unpaired) electrons. The number of fused-ring (bicyclic) bond motifs is 1. The van der Waals surface area contributed by atoms with Gasteiger partial charge in [-0.25, -0.2) is 0 Å². The van der Waals surface area contributed by atoms with Gasteiger partial charge in [0.2, 0.25) is 0 Å². The molecule has 3 aromatic rings. The molecule has 1 amide bonds. The number of pyridine rings is 1. The lowest BCUT2D eigenvalue weighted by Crippen LogP contribution is -2.29. The van der Waals surface area contributed by atoms with Gasteiger partial charge in [-0.2, -0.15) is 0 Å². The highest BCUT2D eigenvalue weighted by molar-refractivity contribution is 5.97. The van der Waals surface area contributed by atoms with Gasteiger partial charge in [-0.3, -0.25) is 24.5 Å². The molecule has 0 bridgehead atoms. The Kier molecular flexibility index (Phi) is 4.04. The molecule has 1 aliphatic heterocycles. The maximum atomic E-state index is 12.9. The van der Waals surface area contributed by atoms with Crippen LogP contribution in [0.3, 0.4) is 0 Å². The van der Waals surface area contributed by atoms with Crippen LogP contribution < -0.4 is 0 Å². The van der Waals surface area contributed by atoms with Gasteiger partial charge in [-0.05, 0) is 30.3 Å². The van der Waals surface area contributed by atoms with Crippen LogP contribution in [0.1, 0.15) is 22.0 Å². The molecular formula is C19H16N4O3. The summed E-state index contributed by atoms with van der Waals surface area (Å²) < 4.78 is 0. The van der Waals surface area contributed by atoms with Crippen LogP contribution >= 0.6 is 0 Å². The normalized spacial score (nSPS) is 19.6. The fourth-order valence-electron chi connectivity index (χ4n) is 3.39. The number of hydrogen-bond acceptors (Lipinski definition) is 5. The van der Waals surface area contributed by atoms with Crippen molar-refractivity contribution >= 4 is 22.9 Å². The highest BCUT2D eigenvalue weighted by Gasteiger charge is 2.41. The molecule has 130 valence electrons. The van der Waals surface area contributed by atoms with Gasteiger partial charge in [0.15, 0.2) is 0 Å². The van der Waals surface area contributed by atoms with Gasteiger partial charge in [-0.1, -0.05) is 6.07 Å². The Morgan fingerprint density at radius 1 is 0.962 bits per heavy atom. The van der Waals surface area contributed by atoms with Crippen LogP contribution in [0.4, 0.5) is 0 Å². The minimum atomic E-state index is -0.916. The topological polar surface area (TPSA) is 96.3 Å². The number of carbonyl (C=O) groups is 2. The number of carbonyl (C=O) groups excluding carboxylic acids is 1. The Balaban J connectivity index is 1.62. The molecule has 0 aliphatic carbocycles. The lowest BCUT2D eigenvalue weighted by atomic mass is 9.93. The second kappa shape index (κ2) is 6.51. The van der Waals surface area contributed by atoms with Gasteiger partial charge in [0.1, 0.15) is 0 Å². The number of carboxylic acid groups (broad SMARTS) is 1. The van der Waals surface area contributed by atoms with E-state index in [2.05, 4.69) is 15.0 Å². The van der Waals surface area contributed by atoms with E-state index in [1.165, 1.54) is 0 Å². The fraction of sp³-hybridized carbons (Fsp3) is 0.211. The quantitative estimate of drug-likeness (QED) is 0.777. The van der Waals surface area contributed by atoms with Crippen LogP contribution in [0.5, 0.6) is 0 Å². The zero-order chi connectivity index (χ0) is 18.1. The fourth-order valence-corrected chi connectivity index (χ4v) is 3.39. The van der Waals surface area contributed by atoms with E-state index in [4.69, 9.17) is 0 Å². The predicted octanol–water partition coefficient (Wildman–Crippen LogP) is 1.97. The molecule has 0 unspecified atom stereocenters. The Labute approximate surface area is 149 Å². The summed E-state index contributed by atoms with van der Waals surface area (Å²) in [6.07, 6.45) is 4.81. The van der Waals surface area contributed by atoms with Crippen LogP contribution in [0.2, 0.25) is 0 Å². The molecule has 7 heteroatoms. The molecule has 0 spiro atoms. The van der Waals surface area contributed by atoms with Crippen molar-refractivity contribution in [1.82, 2.24) is 19.9 Å². The molecule has 1 N–H and O–H groups in total. The van der Waals surface area contributed by atoms with Crippen LogP contribution in [0.15, 0.2) is 55.0 Å². The van der Waals surface area contributed by atoms with E-state index >= 15 is 0 Å². The molecule has 2 aromatic heterocycles. The Bertz CT molecular complexity index is 977. The highest BCUT2D eigenvalue weighted by Crippen LogP contribution is 2.32. The van der Waals surface area contributed by atoms with Crippen molar-refractivity contribution < 1.29 is 14.7 Å². The standard InChI is InChI=1S/C19H16N4O3/c24-18(12-4-5-16-17(9-12)22-8-7-21-16)23-10-13(14(11-23)19(25)26)15-3-1-2-6-20-15/h1-9,13-14H,10-11H2,(H,25,26)/t13-,14-/m1/s1. The lowest BCUT2D eigenvalue weighted by molar-refractivity contribution is -0.141. The Hall–Kier alpha value is -3.35. The lowest BCUT2D eigenvalue weighted by Gasteiger charge is -2.16. The zero-order valence-corrected chi connectivity index (χ0v) is 13.8. The molecule has 7 nitrogen and oxygen atoms in total. The minimum absolute atomic E-state index is 0.161. The van der Waals surface area contributed by atoms with Crippen LogP contribution in [-0.2, 0) is 4.79 Å². The van der Waals surface area contributed by atoms with E-state index in [9.17, 15) is 14.7 Å². The van der Waals surface area contributed by atoms with Gasteiger partial charge in [0.05, 0.1) is 17.0 Å². The molecule has 3 heterocycles. The first-order valence-corrected chi connectivity index (χ1v) is 8.27. The average molecular weight is 348 g/mol. The number of nitrogens with zero attached hydrogens (tertiary/aromatic N) is 4. The van der Waals surface area contributed by atoms with Crippen molar-refractivity contribution in [2.75, 3.05) is 13.1 Å². The first-order valence-electron chi connectivity index (χ1n) is 8.27. The molecule has 1 aromatic carbocycles. The van der Waals surface area contributed by atoms with Crippen LogP contribution in [0.25, 0.3) is 11.0 Å². The summed E-state index contributed by atoms with van der Waals surface area (Å²) in [6.45, 7) is 0.485. The molecule has 2 atom stereocenters. The third-order valence-corrected chi connectivity index (χ3v) is 4.71. The van der Waals surface area contributed by atoms with Crippen molar-refractivity contribution in [2.24, 2.45) is 5.92 Å². The number of hydrogen-bond donors (Lipinski definition) is 1. The van der Waals surface area contributed by atoms with Gasteiger partial charge in [0, 0.05) is 48.9 Å². The first-order chi connectivity index (χ1) is 12.6. The SMILES string of the molecule is O=C(O)[C@@H]1CN(C(=O)c2ccc3nccnc3c2)C[C@H]1c1ccccn1. The second-order valence-electron chi connectivity index (χ2n) is 6.28. The summed E-state index contributed by atoms with van der Waals surface area (Å²) in [5.74, 6) is -2.12. The molecule has 0 saturated carbocycles. The Morgan fingerprint density at radius 2 is 1.77 bits per heavy atom.